The predicted octanol–water partition coefficient (Wildman–Crippen LogP) is 1.60. The molecule has 1 aromatic carbocycles. The quantitative estimate of drug-likeness (QED) is 0.838. The van der Waals surface area contributed by atoms with Crippen LogP contribution in [0, 0.1) is 11.6 Å². The first-order valence-corrected chi connectivity index (χ1v) is 6.27. The van der Waals surface area contributed by atoms with E-state index in [1.54, 1.807) is 0 Å². The van der Waals surface area contributed by atoms with Crippen molar-refractivity contribution in [1.82, 2.24) is 0 Å². The SMILES string of the molecule is CCC(C(=O)O)S(=O)(=O)c1ccc(F)c(F)c1. The number of aliphatic carboxylic acids is 1. The third-order valence-electron chi connectivity index (χ3n) is 2.24. The van der Waals surface area contributed by atoms with Crippen molar-refractivity contribution in [2.75, 3.05) is 0 Å². The molecular formula is C10H10F2O4S. The Morgan fingerprint density at radius 3 is 2.35 bits per heavy atom. The Hall–Kier alpha value is -1.50. The Balaban J connectivity index is 3.30. The highest BCUT2D eigenvalue weighted by molar-refractivity contribution is 7.92. The van der Waals surface area contributed by atoms with Crippen molar-refractivity contribution < 1.29 is 27.1 Å². The van der Waals surface area contributed by atoms with Gasteiger partial charge in [-0.2, -0.15) is 0 Å². The summed E-state index contributed by atoms with van der Waals surface area (Å²) in [4.78, 5) is 10.2. The zero-order valence-corrected chi connectivity index (χ0v) is 9.67. The monoisotopic (exact) mass is 264 g/mol. The Morgan fingerprint density at radius 2 is 1.94 bits per heavy atom. The predicted molar refractivity (Wildman–Crippen MR) is 55.3 cm³/mol. The second-order valence-corrected chi connectivity index (χ2v) is 5.49. The first kappa shape index (κ1) is 13.6. The molecule has 1 rings (SSSR count). The first-order valence-electron chi connectivity index (χ1n) is 4.72. The molecule has 0 aliphatic rings. The molecule has 0 saturated carbocycles. The number of rotatable bonds is 4. The van der Waals surface area contributed by atoms with Crippen LogP contribution in [-0.2, 0) is 14.6 Å². The molecule has 4 nitrogen and oxygen atoms in total. The first-order chi connectivity index (χ1) is 7.80. The van der Waals surface area contributed by atoms with Crippen molar-refractivity contribution in [3.63, 3.8) is 0 Å². The number of carbonyl (C=O) groups is 1. The van der Waals surface area contributed by atoms with Crippen molar-refractivity contribution in [3.05, 3.63) is 29.8 Å². The molecule has 1 atom stereocenters. The summed E-state index contributed by atoms with van der Waals surface area (Å²) in [6.45, 7) is 1.39. The highest BCUT2D eigenvalue weighted by atomic mass is 32.2. The molecule has 0 fully saturated rings. The molecule has 0 heterocycles. The van der Waals surface area contributed by atoms with Gasteiger partial charge in [0.25, 0.3) is 0 Å². The summed E-state index contributed by atoms with van der Waals surface area (Å²) in [5.41, 5.74) is 0. The van der Waals surface area contributed by atoms with E-state index in [4.69, 9.17) is 5.11 Å². The number of benzene rings is 1. The van der Waals surface area contributed by atoms with Gasteiger partial charge >= 0.3 is 5.97 Å². The van der Waals surface area contributed by atoms with Crippen LogP contribution in [0.3, 0.4) is 0 Å². The number of hydrogen-bond donors (Lipinski definition) is 1. The molecule has 7 heteroatoms. The molecule has 1 unspecified atom stereocenters. The lowest BCUT2D eigenvalue weighted by molar-refractivity contribution is -0.136. The van der Waals surface area contributed by atoms with Gasteiger partial charge < -0.3 is 5.11 Å². The lowest BCUT2D eigenvalue weighted by atomic mass is 10.3. The second kappa shape index (κ2) is 4.79. The normalized spacial score (nSPS) is 13.4. The fourth-order valence-corrected chi connectivity index (χ4v) is 2.90. The summed E-state index contributed by atoms with van der Waals surface area (Å²) < 4.78 is 49.1. The van der Waals surface area contributed by atoms with Crippen LogP contribution >= 0.6 is 0 Å². The van der Waals surface area contributed by atoms with E-state index in [1.807, 2.05) is 0 Å². The summed E-state index contributed by atoms with van der Waals surface area (Å²) >= 11 is 0. The maximum atomic E-state index is 12.9. The third-order valence-corrected chi connectivity index (χ3v) is 4.44. The second-order valence-electron chi connectivity index (χ2n) is 3.36. The van der Waals surface area contributed by atoms with Crippen LogP contribution in [0.25, 0.3) is 0 Å². The maximum absolute atomic E-state index is 12.9. The molecule has 0 amide bonds. The zero-order valence-electron chi connectivity index (χ0n) is 8.85. The summed E-state index contributed by atoms with van der Waals surface area (Å²) in [7, 11) is -4.20. The zero-order chi connectivity index (χ0) is 13.2. The topological polar surface area (TPSA) is 71.4 Å². The molecule has 1 aromatic rings. The fourth-order valence-electron chi connectivity index (χ4n) is 1.34. The fraction of sp³-hybridized carbons (Fsp3) is 0.300. The third kappa shape index (κ3) is 2.60. The van der Waals surface area contributed by atoms with E-state index >= 15 is 0 Å². The minimum atomic E-state index is -4.20. The highest BCUT2D eigenvalue weighted by Gasteiger charge is 2.32. The Kier molecular flexibility index (Phi) is 3.82. The van der Waals surface area contributed by atoms with Gasteiger partial charge in [0.1, 0.15) is 0 Å². The van der Waals surface area contributed by atoms with E-state index < -0.39 is 37.6 Å². The summed E-state index contributed by atoms with van der Waals surface area (Å²) in [6, 6.07) is 1.98. The molecule has 0 aromatic heterocycles. The molecule has 94 valence electrons. The molecule has 0 saturated heterocycles. The van der Waals surface area contributed by atoms with Crippen LogP contribution in [0.1, 0.15) is 13.3 Å². The summed E-state index contributed by atoms with van der Waals surface area (Å²) in [5, 5.41) is 7.09. The van der Waals surface area contributed by atoms with E-state index in [-0.39, 0.29) is 6.42 Å². The molecule has 1 N–H and O–H groups in total. The van der Waals surface area contributed by atoms with E-state index in [1.165, 1.54) is 6.92 Å². The number of hydrogen-bond acceptors (Lipinski definition) is 3. The van der Waals surface area contributed by atoms with Crippen LogP contribution in [0.2, 0.25) is 0 Å². The van der Waals surface area contributed by atoms with Gasteiger partial charge in [0.2, 0.25) is 0 Å². The highest BCUT2D eigenvalue weighted by Crippen LogP contribution is 2.20. The lowest BCUT2D eigenvalue weighted by Gasteiger charge is -2.11. The molecule has 17 heavy (non-hydrogen) atoms. The van der Waals surface area contributed by atoms with Gasteiger partial charge in [-0.05, 0) is 24.6 Å². The smallest absolute Gasteiger partial charge is 0.322 e. The van der Waals surface area contributed by atoms with Gasteiger partial charge in [0.05, 0.1) is 4.90 Å². The standard InChI is InChI=1S/C10H10F2O4S/c1-2-9(10(13)14)17(15,16)6-3-4-7(11)8(12)5-6/h3-5,9H,2H2,1H3,(H,13,14). The summed E-state index contributed by atoms with van der Waals surface area (Å²) in [6.07, 6.45) is -0.156. The molecule has 0 aliphatic carbocycles. The van der Waals surface area contributed by atoms with Gasteiger partial charge in [0, 0.05) is 0 Å². The Morgan fingerprint density at radius 1 is 1.35 bits per heavy atom. The molecule has 0 aliphatic heterocycles. The van der Waals surface area contributed by atoms with Crippen molar-refractivity contribution in [3.8, 4) is 0 Å². The minimum Gasteiger partial charge on any atom is -0.480 e. The average molecular weight is 264 g/mol. The molecule has 0 radical (unpaired) electrons. The van der Waals surface area contributed by atoms with Crippen LogP contribution in [0.4, 0.5) is 8.78 Å². The Labute approximate surface area is 96.8 Å². The molecule has 0 spiro atoms. The van der Waals surface area contributed by atoms with Crippen LogP contribution in [0.15, 0.2) is 23.1 Å². The number of sulfone groups is 1. The van der Waals surface area contributed by atoms with Gasteiger partial charge in [-0.3, -0.25) is 4.79 Å². The lowest BCUT2D eigenvalue weighted by Crippen LogP contribution is -2.29. The van der Waals surface area contributed by atoms with E-state index in [9.17, 15) is 22.0 Å². The van der Waals surface area contributed by atoms with Gasteiger partial charge in [-0.25, -0.2) is 17.2 Å². The average Bonchev–Trinajstić information content (AvgIpc) is 2.21. The van der Waals surface area contributed by atoms with Crippen molar-refractivity contribution in [2.45, 2.75) is 23.5 Å². The molecular weight excluding hydrogens is 254 g/mol. The number of carboxylic acid groups (broad SMARTS) is 1. The van der Waals surface area contributed by atoms with Gasteiger partial charge in [-0.1, -0.05) is 6.92 Å². The van der Waals surface area contributed by atoms with Crippen LogP contribution in [-0.4, -0.2) is 24.7 Å². The van der Waals surface area contributed by atoms with E-state index in [0.29, 0.717) is 12.1 Å². The van der Waals surface area contributed by atoms with Crippen LogP contribution in [0.5, 0.6) is 0 Å². The van der Waals surface area contributed by atoms with Gasteiger partial charge in [-0.15, -0.1) is 0 Å². The maximum Gasteiger partial charge on any atom is 0.322 e. The van der Waals surface area contributed by atoms with Crippen molar-refractivity contribution in [2.24, 2.45) is 0 Å². The molecule has 0 bridgehead atoms. The Bertz CT molecular complexity index is 539. The number of carboxylic acids is 1. The van der Waals surface area contributed by atoms with Crippen LogP contribution < -0.4 is 0 Å². The largest absolute Gasteiger partial charge is 0.480 e. The van der Waals surface area contributed by atoms with Crippen molar-refractivity contribution in [1.29, 1.82) is 0 Å². The number of halogens is 2. The van der Waals surface area contributed by atoms with Crippen molar-refractivity contribution >= 4 is 15.8 Å². The van der Waals surface area contributed by atoms with Gasteiger partial charge in [0.15, 0.2) is 26.7 Å². The summed E-state index contributed by atoms with van der Waals surface area (Å²) in [5.74, 6) is -4.03. The minimum absolute atomic E-state index is 0.156. The van der Waals surface area contributed by atoms with E-state index in [0.717, 1.165) is 6.07 Å². The van der Waals surface area contributed by atoms with E-state index in [2.05, 4.69) is 0 Å².